The Morgan fingerprint density at radius 2 is 1.92 bits per heavy atom. The van der Waals surface area contributed by atoms with Gasteiger partial charge in [0.2, 0.25) is 5.91 Å². The van der Waals surface area contributed by atoms with Crippen LogP contribution in [-0.2, 0) is 11.3 Å². The van der Waals surface area contributed by atoms with Crippen molar-refractivity contribution in [1.82, 2.24) is 16.0 Å². The molecule has 3 N–H and O–H groups in total. The second-order valence-electron chi connectivity index (χ2n) is 6.60. The molecule has 1 aromatic carbocycles. The predicted molar refractivity (Wildman–Crippen MR) is 103 cm³/mol. The van der Waals surface area contributed by atoms with Gasteiger partial charge in [0, 0.05) is 38.2 Å². The topological polar surface area (TPSA) is 74.8 Å². The van der Waals surface area contributed by atoms with E-state index in [2.05, 4.69) is 33.1 Å². The second kappa shape index (κ2) is 10.6. The van der Waals surface area contributed by atoms with Crippen molar-refractivity contribution in [2.45, 2.75) is 59.7 Å². The molecular weight excluding hydrogens is 316 g/mol. The number of carbonyl (C=O) groups is 1. The summed E-state index contributed by atoms with van der Waals surface area (Å²) in [6.45, 7) is 11.1. The van der Waals surface area contributed by atoms with Gasteiger partial charge < -0.3 is 20.7 Å². The van der Waals surface area contributed by atoms with E-state index in [0.29, 0.717) is 25.5 Å². The molecule has 0 saturated heterocycles. The van der Waals surface area contributed by atoms with Crippen LogP contribution in [0.1, 0.15) is 45.2 Å². The maximum absolute atomic E-state index is 11.7. The van der Waals surface area contributed by atoms with Gasteiger partial charge in [-0.3, -0.25) is 9.79 Å². The summed E-state index contributed by atoms with van der Waals surface area (Å²) in [6, 6.07) is 6.33. The summed E-state index contributed by atoms with van der Waals surface area (Å²) in [4.78, 5) is 15.8. The standard InChI is InChI=1S/C19H32N4O2/c1-13(2)23-18(24)9-10-21-19(20-6)22-12-16-8-7-15(5)11-17(16)25-14(3)4/h7-8,11,13-14H,9-10,12H2,1-6H3,(H,23,24)(H2,20,21,22). The molecule has 1 amide bonds. The molecule has 6 nitrogen and oxygen atoms in total. The Morgan fingerprint density at radius 1 is 1.20 bits per heavy atom. The van der Waals surface area contributed by atoms with Gasteiger partial charge in [-0.25, -0.2) is 0 Å². The van der Waals surface area contributed by atoms with Gasteiger partial charge in [-0.05, 0) is 46.2 Å². The summed E-state index contributed by atoms with van der Waals surface area (Å²) in [5.41, 5.74) is 2.23. The molecule has 0 aliphatic heterocycles. The molecule has 25 heavy (non-hydrogen) atoms. The molecule has 0 aliphatic rings. The fourth-order valence-electron chi connectivity index (χ4n) is 2.26. The predicted octanol–water partition coefficient (Wildman–Crippen LogP) is 2.36. The van der Waals surface area contributed by atoms with Crippen LogP contribution in [-0.4, -0.2) is 37.6 Å². The Labute approximate surface area is 151 Å². The molecule has 0 aliphatic carbocycles. The van der Waals surface area contributed by atoms with Crippen molar-refractivity contribution >= 4 is 11.9 Å². The van der Waals surface area contributed by atoms with Crippen molar-refractivity contribution < 1.29 is 9.53 Å². The van der Waals surface area contributed by atoms with Crippen LogP contribution in [0.15, 0.2) is 23.2 Å². The van der Waals surface area contributed by atoms with Crippen molar-refractivity contribution in [3.8, 4) is 5.75 Å². The molecule has 0 atom stereocenters. The number of benzene rings is 1. The molecule has 0 radical (unpaired) electrons. The third kappa shape index (κ3) is 8.42. The van der Waals surface area contributed by atoms with Gasteiger partial charge in [-0.2, -0.15) is 0 Å². The van der Waals surface area contributed by atoms with Crippen LogP contribution in [0.3, 0.4) is 0 Å². The molecule has 0 saturated carbocycles. The minimum absolute atomic E-state index is 0.0316. The van der Waals surface area contributed by atoms with Gasteiger partial charge in [-0.15, -0.1) is 0 Å². The van der Waals surface area contributed by atoms with Crippen molar-refractivity contribution in [2.75, 3.05) is 13.6 Å². The van der Waals surface area contributed by atoms with E-state index in [1.54, 1.807) is 7.05 Å². The number of aryl methyl sites for hydroxylation is 1. The van der Waals surface area contributed by atoms with Crippen molar-refractivity contribution in [1.29, 1.82) is 0 Å². The molecular formula is C19H32N4O2. The molecule has 0 aromatic heterocycles. The van der Waals surface area contributed by atoms with Gasteiger partial charge in [0.1, 0.15) is 5.75 Å². The number of nitrogens with zero attached hydrogens (tertiary/aromatic N) is 1. The Hall–Kier alpha value is -2.24. The lowest BCUT2D eigenvalue weighted by molar-refractivity contribution is -0.121. The molecule has 0 heterocycles. The number of hydrogen-bond donors (Lipinski definition) is 3. The van der Waals surface area contributed by atoms with Gasteiger partial charge >= 0.3 is 0 Å². The maximum atomic E-state index is 11.7. The number of carbonyl (C=O) groups excluding carboxylic acids is 1. The minimum Gasteiger partial charge on any atom is -0.491 e. The first kappa shape index (κ1) is 20.8. The summed E-state index contributed by atoms with van der Waals surface area (Å²) in [7, 11) is 1.71. The lowest BCUT2D eigenvalue weighted by Crippen LogP contribution is -2.39. The average Bonchev–Trinajstić information content (AvgIpc) is 2.50. The summed E-state index contributed by atoms with van der Waals surface area (Å²) < 4.78 is 5.89. The number of amides is 1. The van der Waals surface area contributed by atoms with Crippen molar-refractivity contribution in [3.63, 3.8) is 0 Å². The van der Waals surface area contributed by atoms with Gasteiger partial charge in [0.25, 0.3) is 0 Å². The Bertz CT molecular complexity index is 583. The summed E-state index contributed by atoms with van der Waals surface area (Å²) >= 11 is 0. The highest BCUT2D eigenvalue weighted by Crippen LogP contribution is 2.21. The SMILES string of the molecule is CN=C(NCCC(=O)NC(C)C)NCc1ccc(C)cc1OC(C)C. The molecule has 140 valence electrons. The first-order chi connectivity index (χ1) is 11.8. The number of nitrogens with one attached hydrogen (secondary N) is 3. The lowest BCUT2D eigenvalue weighted by atomic mass is 10.1. The van der Waals surface area contributed by atoms with Gasteiger partial charge in [-0.1, -0.05) is 12.1 Å². The normalized spacial score (nSPS) is 11.6. The van der Waals surface area contributed by atoms with Crippen LogP contribution >= 0.6 is 0 Å². The monoisotopic (exact) mass is 348 g/mol. The molecule has 1 rings (SSSR count). The van der Waals surface area contributed by atoms with E-state index in [9.17, 15) is 4.79 Å². The largest absolute Gasteiger partial charge is 0.491 e. The molecule has 0 bridgehead atoms. The Morgan fingerprint density at radius 3 is 2.52 bits per heavy atom. The molecule has 6 heteroatoms. The quantitative estimate of drug-likeness (QED) is 0.498. The number of ether oxygens (including phenoxy) is 1. The first-order valence-corrected chi connectivity index (χ1v) is 8.82. The first-order valence-electron chi connectivity index (χ1n) is 8.82. The maximum Gasteiger partial charge on any atom is 0.221 e. The highest BCUT2D eigenvalue weighted by molar-refractivity contribution is 5.81. The highest BCUT2D eigenvalue weighted by atomic mass is 16.5. The minimum atomic E-state index is 0.0316. The van der Waals surface area contributed by atoms with E-state index in [1.807, 2.05) is 40.7 Å². The van der Waals surface area contributed by atoms with Crippen LogP contribution in [0.5, 0.6) is 5.75 Å². The molecule has 0 fully saturated rings. The third-order valence-electron chi connectivity index (χ3n) is 3.35. The van der Waals surface area contributed by atoms with Crippen LogP contribution in [0, 0.1) is 6.92 Å². The van der Waals surface area contributed by atoms with E-state index in [1.165, 1.54) is 0 Å². The molecule has 0 spiro atoms. The van der Waals surface area contributed by atoms with E-state index in [-0.39, 0.29) is 18.1 Å². The summed E-state index contributed by atoms with van der Waals surface area (Å²) in [5.74, 6) is 1.58. The Kier molecular flexibility index (Phi) is 8.81. The lowest BCUT2D eigenvalue weighted by Gasteiger charge is -2.17. The molecule has 0 unspecified atom stereocenters. The number of aliphatic imine (C=N–C) groups is 1. The van der Waals surface area contributed by atoms with Crippen LogP contribution in [0.2, 0.25) is 0 Å². The van der Waals surface area contributed by atoms with Gasteiger partial charge in [0.05, 0.1) is 6.10 Å². The zero-order valence-corrected chi connectivity index (χ0v) is 16.3. The smallest absolute Gasteiger partial charge is 0.221 e. The number of hydrogen-bond acceptors (Lipinski definition) is 3. The summed E-state index contributed by atoms with van der Waals surface area (Å²) in [6.07, 6.45) is 0.531. The van der Waals surface area contributed by atoms with Gasteiger partial charge in [0.15, 0.2) is 5.96 Å². The average molecular weight is 348 g/mol. The Balaban J connectivity index is 2.53. The zero-order valence-electron chi connectivity index (χ0n) is 16.3. The fourth-order valence-corrected chi connectivity index (χ4v) is 2.26. The number of guanidine groups is 1. The van der Waals surface area contributed by atoms with Crippen molar-refractivity contribution in [2.24, 2.45) is 4.99 Å². The summed E-state index contributed by atoms with van der Waals surface area (Å²) in [5, 5.41) is 9.28. The van der Waals surface area contributed by atoms with E-state index < -0.39 is 0 Å². The highest BCUT2D eigenvalue weighted by Gasteiger charge is 2.08. The zero-order chi connectivity index (χ0) is 18.8. The molecule has 1 aromatic rings. The number of rotatable bonds is 8. The van der Waals surface area contributed by atoms with E-state index in [4.69, 9.17) is 4.74 Å². The third-order valence-corrected chi connectivity index (χ3v) is 3.35. The van der Waals surface area contributed by atoms with Crippen LogP contribution in [0.25, 0.3) is 0 Å². The van der Waals surface area contributed by atoms with Crippen LogP contribution < -0.4 is 20.7 Å². The fraction of sp³-hybridized carbons (Fsp3) is 0.579. The van der Waals surface area contributed by atoms with Crippen LogP contribution in [0.4, 0.5) is 0 Å². The second-order valence-corrected chi connectivity index (χ2v) is 6.60. The van der Waals surface area contributed by atoms with E-state index in [0.717, 1.165) is 16.9 Å². The van der Waals surface area contributed by atoms with Crippen molar-refractivity contribution in [3.05, 3.63) is 29.3 Å². The van der Waals surface area contributed by atoms with E-state index >= 15 is 0 Å².